The van der Waals surface area contributed by atoms with Crippen molar-refractivity contribution in [3.63, 3.8) is 0 Å². The second-order valence-electron chi connectivity index (χ2n) is 4.36. The van der Waals surface area contributed by atoms with Gasteiger partial charge in [0, 0.05) is 17.4 Å². The monoisotopic (exact) mass is 343 g/mol. The lowest BCUT2D eigenvalue weighted by molar-refractivity contribution is 0.450. The van der Waals surface area contributed by atoms with Gasteiger partial charge in [0.2, 0.25) is 0 Å². The lowest BCUT2D eigenvalue weighted by Gasteiger charge is -2.28. The van der Waals surface area contributed by atoms with E-state index in [2.05, 4.69) is 25.8 Å². The second kappa shape index (κ2) is 4.87. The molecule has 0 saturated heterocycles. The van der Waals surface area contributed by atoms with Crippen LogP contribution >= 0.6 is 27.5 Å². The number of aromatic nitrogens is 2. The van der Waals surface area contributed by atoms with Gasteiger partial charge in [-0.05, 0) is 13.8 Å². The molecular weight excluding hydrogens is 330 g/mol. The van der Waals surface area contributed by atoms with Gasteiger partial charge in [0.25, 0.3) is 10.0 Å². The first kappa shape index (κ1) is 14.9. The van der Waals surface area contributed by atoms with Gasteiger partial charge in [-0.25, -0.2) is 13.1 Å². The van der Waals surface area contributed by atoms with Crippen LogP contribution < -0.4 is 4.72 Å². The first-order valence-electron chi connectivity index (χ1n) is 4.93. The van der Waals surface area contributed by atoms with E-state index in [0.717, 1.165) is 0 Å². The molecule has 1 aromatic heterocycles. The third kappa shape index (κ3) is 3.21. The largest absolute Gasteiger partial charge is 0.259 e. The fraction of sp³-hybridized carbons (Fsp3) is 0.667. The number of sulfonamides is 1. The Balaban J connectivity index is 3.15. The highest BCUT2D eigenvalue weighted by Crippen LogP contribution is 2.24. The summed E-state index contributed by atoms with van der Waals surface area (Å²) >= 11 is 9.19. The van der Waals surface area contributed by atoms with Gasteiger partial charge in [-0.1, -0.05) is 34.5 Å². The van der Waals surface area contributed by atoms with Gasteiger partial charge in [0.15, 0.2) is 5.03 Å². The van der Waals surface area contributed by atoms with Crippen molar-refractivity contribution >= 4 is 37.6 Å². The van der Waals surface area contributed by atoms with Gasteiger partial charge < -0.3 is 0 Å². The number of alkyl halides is 1. The summed E-state index contributed by atoms with van der Waals surface area (Å²) in [7, 11) is -2.16. The van der Waals surface area contributed by atoms with E-state index in [1.54, 1.807) is 13.8 Å². The maximum atomic E-state index is 12.2. The van der Waals surface area contributed by atoms with Crippen LogP contribution in [0.15, 0.2) is 11.2 Å². The Labute approximate surface area is 115 Å². The van der Waals surface area contributed by atoms with Crippen LogP contribution in [0.25, 0.3) is 0 Å². The lowest BCUT2D eigenvalue weighted by Crippen LogP contribution is -2.49. The van der Waals surface area contributed by atoms with Crippen molar-refractivity contribution in [3.05, 3.63) is 11.2 Å². The molecule has 0 spiro atoms. The van der Waals surface area contributed by atoms with E-state index < -0.39 is 15.6 Å². The molecule has 1 N–H and O–H groups in total. The van der Waals surface area contributed by atoms with Gasteiger partial charge in [-0.15, -0.1) is 0 Å². The summed E-state index contributed by atoms with van der Waals surface area (Å²) in [6.45, 7) is 5.44. The van der Waals surface area contributed by atoms with E-state index in [1.165, 1.54) is 17.9 Å². The van der Waals surface area contributed by atoms with Crippen LogP contribution in [0.5, 0.6) is 0 Å². The first-order chi connectivity index (χ1) is 7.58. The van der Waals surface area contributed by atoms with E-state index >= 15 is 0 Å². The topological polar surface area (TPSA) is 64.0 Å². The smallest absolute Gasteiger partial charge is 0.255 e. The normalized spacial score (nSPS) is 14.9. The van der Waals surface area contributed by atoms with Crippen LogP contribution in [0.1, 0.15) is 20.8 Å². The molecule has 98 valence electrons. The summed E-state index contributed by atoms with van der Waals surface area (Å²) in [4.78, 5) is -0.0308. The molecular formula is C9H15BrClN3O2S. The maximum Gasteiger partial charge on any atom is 0.259 e. The predicted molar refractivity (Wildman–Crippen MR) is 71.0 cm³/mol. The Morgan fingerprint density at radius 3 is 2.47 bits per heavy atom. The van der Waals surface area contributed by atoms with Crippen molar-refractivity contribution in [2.75, 3.05) is 0 Å². The summed E-state index contributed by atoms with van der Waals surface area (Å²) in [5.74, 6) is 0. The van der Waals surface area contributed by atoms with E-state index in [1.807, 2.05) is 6.92 Å². The average Bonchev–Trinajstić information content (AvgIpc) is 2.44. The van der Waals surface area contributed by atoms with E-state index in [0.29, 0.717) is 0 Å². The SMILES string of the molecule is CC(Br)C(C)(C)NS(=O)(=O)c1c(Cl)cnn1C. The molecule has 1 unspecified atom stereocenters. The maximum absolute atomic E-state index is 12.2. The molecule has 0 aliphatic heterocycles. The number of nitrogens with one attached hydrogen (secondary N) is 1. The quantitative estimate of drug-likeness (QED) is 0.849. The lowest BCUT2D eigenvalue weighted by atomic mass is 10.0. The zero-order chi connectivity index (χ0) is 13.4. The van der Waals surface area contributed by atoms with Crippen molar-refractivity contribution in [1.29, 1.82) is 0 Å². The van der Waals surface area contributed by atoms with Gasteiger partial charge in [-0.3, -0.25) is 4.68 Å². The van der Waals surface area contributed by atoms with Gasteiger partial charge in [0.1, 0.15) is 0 Å². The van der Waals surface area contributed by atoms with Crippen molar-refractivity contribution in [2.24, 2.45) is 7.05 Å². The zero-order valence-corrected chi connectivity index (χ0v) is 13.2. The molecule has 0 aliphatic rings. The number of hydrogen-bond donors (Lipinski definition) is 1. The second-order valence-corrected chi connectivity index (χ2v) is 7.74. The highest BCUT2D eigenvalue weighted by atomic mass is 79.9. The minimum Gasteiger partial charge on any atom is -0.255 e. The van der Waals surface area contributed by atoms with Gasteiger partial charge >= 0.3 is 0 Å². The minimum absolute atomic E-state index is 0.0274. The molecule has 5 nitrogen and oxygen atoms in total. The molecule has 0 amide bonds. The molecule has 0 fully saturated rings. The number of rotatable bonds is 4. The predicted octanol–water partition coefficient (Wildman–Crippen LogP) is 1.91. The molecule has 1 aromatic rings. The Morgan fingerprint density at radius 1 is 1.59 bits per heavy atom. The van der Waals surface area contributed by atoms with Crippen LogP contribution in [0, 0.1) is 0 Å². The number of halogens is 2. The van der Waals surface area contributed by atoms with Gasteiger partial charge in [-0.2, -0.15) is 5.10 Å². The molecule has 17 heavy (non-hydrogen) atoms. The minimum atomic E-state index is -3.69. The van der Waals surface area contributed by atoms with E-state index in [9.17, 15) is 8.42 Å². The van der Waals surface area contributed by atoms with Crippen molar-refractivity contribution < 1.29 is 8.42 Å². The highest BCUT2D eigenvalue weighted by molar-refractivity contribution is 9.09. The molecule has 0 bridgehead atoms. The molecule has 8 heteroatoms. The molecule has 1 heterocycles. The van der Waals surface area contributed by atoms with Crippen molar-refractivity contribution in [3.8, 4) is 0 Å². The van der Waals surface area contributed by atoms with E-state index in [-0.39, 0.29) is 14.9 Å². The molecule has 0 radical (unpaired) electrons. The third-order valence-electron chi connectivity index (χ3n) is 2.49. The molecule has 0 saturated carbocycles. The Kier molecular flexibility index (Phi) is 4.28. The standard InChI is InChI=1S/C9H15BrClN3O2S/c1-6(10)9(2,3)13-17(15,16)8-7(11)5-12-14(8)4/h5-6,13H,1-4H3. The Morgan fingerprint density at radius 2 is 2.12 bits per heavy atom. The summed E-state index contributed by atoms with van der Waals surface area (Å²) < 4.78 is 28.2. The molecule has 0 aliphatic carbocycles. The number of aryl methyl sites for hydroxylation is 1. The van der Waals surface area contributed by atoms with Crippen LogP contribution in [-0.4, -0.2) is 28.6 Å². The number of hydrogen-bond acceptors (Lipinski definition) is 3. The number of nitrogens with zero attached hydrogens (tertiary/aromatic N) is 2. The first-order valence-corrected chi connectivity index (χ1v) is 7.71. The summed E-state index contributed by atoms with van der Waals surface area (Å²) in [6, 6.07) is 0. The molecule has 1 atom stereocenters. The average molecular weight is 345 g/mol. The Bertz CT molecular complexity index is 491. The molecule has 0 aromatic carbocycles. The van der Waals surface area contributed by atoms with E-state index in [4.69, 9.17) is 11.6 Å². The van der Waals surface area contributed by atoms with Crippen LogP contribution in [-0.2, 0) is 17.1 Å². The fourth-order valence-electron chi connectivity index (χ4n) is 1.18. The Hall–Kier alpha value is -0.110. The summed E-state index contributed by atoms with van der Waals surface area (Å²) in [5.41, 5.74) is -0.633. The van der Waals surface area contributed by atoms with Crippen LogP contribution in [0.2, 0.25) is 5.02 Å². The van der Waals surface area contributed by atoms with Crippen molar-refractivity contribution in [1.82, 2.24) is 14.5 Å². The van der Waals surface area contributed by atoms with Crippen molar-refractivity contribution in [2.45, 2.75) is 36.2 Å². The van der Waals surface area contributed by atoms with Crippen LogP contribution in [0.3, 0.4) is 0 Å². The van der Waals surface area contributed by atoms with Crippen LogP contribution in [0.4, 0.5) is 0 Å². The highest BCUT2D eigenvalue weighted by Gasteiger charge is 2.32. The molecule has 1 rings (SSSR count). The third-order valence-corrected chi connectivity index (χ3v) is 5.81. The summed E-state index contributed by atoms with van der Waals surface area (Å²) in [6.07, 6.45) is 1.31. The zero-order valence-electron chi connectivity index (χ0n) is 10.0. The fourth-order valence-corrected chi connectivity index (χ4v) is 3.58. The van der Waals surface area contributed by atoms with Gasteiger partial charge in [0.05, 0.1) is 11.2 Å². The summed E-state index contributed by atoms with van der Waals surface area (Å²) in [5, 5.41) is 3.89.